The summed E-state index contributed by atoms with van der Waals surface area (Å²) < 4.78 is 0. The zero-order valence-electron chi connectivity index (χ0n) is 10.7. The molecule has 0 atom stereocenters. The summed E-state index contributed by atoms with van der Waals surface area (Å²) in [5, 5.41) is 8.86. The fourth-order valence-corrected chi connectivity index (χ4v) is 1.50. The zero-order chi connectivity index (χ0) is 12.6. The van der Waals surface area contributed by atoms with Crippen molar-refractivity contribution >= 4 is 11.8 Å². The summed E-state index contributed by atoms with van der Waals surface area (Å²) in [5.41, 5.74) is -1.22. The van der Waals surface area contributed by atoms with Crippen LogP contribution in [0.25, 0.3) is 0 Å². The summed E-state index contributed by atoms with van der Waals surface area (Å²) in [6.07, 6.45) is 7.06. The largest absolute Gasteiger partial charge is 0.481 e. The van der Waals surface area contributed by atoms with E-state index in [0.717, 1.165) is 19.3 Å². The third-order valence-electron chi connectivity index (χ3n) is 2.99. The number of hydrogen-bond donors (Lipinski definition) is 1. The summed E-state index contributed by atoms with van der Waals surface area (Å²) in [6, 6.07) is 0. The standard InChI is InChI=1S/C13H24O3/c1-4-5-6-7-8-9-10-11(14)13(2,3)12(15)16/h4-10H2,1-3H3,(H,15,16). The van der Waals surface area contributed by atoms with E-state index >= 15 is 0 Å². The van der Waals surface area contributed by atoms with Crippen LogP contribution in [0.2, 0.25) is 0 Å². The Kier molecular flexibility index (Phi) is 7.02. The van der Waals surface area contributed by atoms with E-state index < -0.39 is 11.4 Å². The van der Waals surface area contributed by atoms with Crippen molar-refractivity contribution in [3.8, 4) is 0 Å². The van der Waals surface area contributed by atoms with E-state index in [-0.39, 0.29) is 5.78 Å². The van der Waals surface area contributed by atoms with Gasteiger partial charge in [0.25, 0.3) is 0 Å². The van der Waals surface area contributed by atoms with Gasteiger partial charge in [-0.1, -0.05) is 39.0 Å². The first-order chi connectivity index (χ1) is 7.42. The van der Waals surface area contributed by atoms with E-state index in [1.54, 1.807) is 0 Å². The molecule has 0 spiro atoms. The summed E-state index contributed by atoms with van der Waals surface area (Å²) in [5.74, 6) is -1.18. The van der Waals surface area contributed by atoms with Gasteiger partial charge in [0, 0.05) is 6.42 Å². The molecule has 0 bridgehead atoms. The lowest BCUT2D eigenvalue weighted by atomic mass is 9.85. The van der Waals surface area contributed by atoms with E-state index in [0.29, 0.717) is 6.42 Å². The Bertz CT molecular complexity index is 231. The number of carboxylic acids is 1. The highest BCUT2D eigenvalue weighted by Gasteiger charge is 2.34. The van der Waals surface area contributed by atoms with Crippen LogP contribution >= 0.6 is 0 Å². The van der Waals surface area contributed by atoms with Crippen LogP contribution in [-0.2, 0) is 9.59 Å². The van der Waals surface area contributed by atoms with Gasteiger partial charge in [0.1, 0.15) is 11.2 Å². The second-order valence-corrected chi connectivity index (χ2v) is 4.87. The second-order valence-electron chi connectivity index (χ2n) is 4.87. The predicted octanol–water partition coefficient (Wildman–Crippen LogP) is 3.42. The molecular weight excluding hydrogens is 204 g/mol. The molecule has 3 heteroatoms. The average molecular weight is 228 g/mol. The van der Waals surface area contributed by atoms with Crippen LogP contribution in [0, 0.1) is 5.41 Å². The number of carboxylic acid groups (broad SMARTS) is 1. The van der Waals surface area contributed by atoms with Crippen LogP contribution in [-0.4, -0.2) is 16.9 Å². The highest BCUT2D eigenvalue weighted by molar-refractivity contribution is 6.02. The molecule has 0 fully saturated rings. The number of aliphatic carboxylic acids is 1. The molecule has 0 rings (SSSR count). The van der Waals surface area contributed by atoms with Gasteiger partial charge in [0.05, 0.1) is 0 Å². The summed E-state index contributed by atoms with van der Waals surface area (Å²) >= 11 is 0. The molecule has 0 radical (unpaired) electrons. The summed E-state index contributed by atoms with van der Waals surface area (Å²) in [4.78, 5) is 22.4. The van der Waals surface area contributed by atoms with Gasteiger partial charge in [0.2, 0.25) is 0 Å². The number of carbonyl (C=O) groups is 2. The van der Waals surface area contributed by atoms with Crippen molar-refractivity contribution in [3.63, 3.8) is 0 Å². The Morgan fingerprint density at radius 2 is 1.50 bits per heavy atom. The SMILES string of the molecule is CCCCCCCCC(=O)C(C)(C)C(=O)O. The van der Waals surface area contributed by atoms with Crippen LogP contribution in [0.15, 0.2) is 0 Å². The molecule has 1 N–H and O–H groups in total. The van der Waals surface area contributed by atoms with Gasteiger partial charge in [-0.15, -0.1) is 0 Å². The number of unbranched alkanes of at least 4 members (excludes halogenated alkanes) is 5. The van der Waals surface area contributed by atoms with Gasteiger partial charge >= 0.3 is 5.97 Å². The number of Topliss-reactive ketones (excluding diaryl/α,β-unsaturated/α-hetero) is 1. The second kappa shape index (κ2) is 7.42. The first kappa shape index (κ1) is 15.1. The van der Waals surface area contributed by atoms with Gasteiger partial charge in [-0.25, -0.2) is 0 Å². The molecule has 0 aromatic heterocycles. The summed E-state index contributed by atoms with van der Waals surface area (Å²) in [7, 11) is 0. The van der Waals surface area contributed by atoms with Crippen molar-refractivity contribution in [2.24, 2.45) is 5.41 Å². The normalized spacial score (nSPS) is 11.4. The smallest absolute Gasteiger partial charge is 0.316 e. The highest BCUT2D eigenvalue weighted by atomic mass is 16.4. The van der Waals surface area contributed by atoms with Crippen molar-refractivity contribution in [2.75, 3.05) is 0 Å². The van der Waals surface area contributed by atoms with E-state index in [9.17, 15) is 9.59 Å². The van der Waals surface area contributed by atoms with Gasteiger partial charge in [-0.05, 0) is 20.3 Å². The average Bonchev–Trinajstić information content (AvgIpc) is 2.22. The Balaban J connectivity index is 3.70. The van der Waals surface area contributed by atoms with Gasteiger partial charge in [-0.2, -0.15) is 0 Å². The van der Waals surface area contributed by atoms with Gasteiger partial charge in [0.15, 0.2) is 0 Å². The fraction of sp³-hybridized carbons (Fsp3) is 0.846. The van der Waals surface area contributed by atoms with Crippen molar-refractivity contribution < 1.29 is 14.7 Å². The lowest BCUT2D eigenvalue weighted by Gasteiger charge is -2.17. The predicted molar refractivity (Wildman–Crippen MR) is 64.4 cm³/mol. The molecule has 0 saturated heterocycles. The minimum atomic E-state index is -1.22. The minimum absolute atomic E-state index is 0.157. The molecule has 0 aliphatic carbocycles. The fourth-order valence-electron chi connectivity index (χ4n) is 1.50. The molecule has 3 nitrogen and oxygen atoms in total. The van der Waals surface area contributed by atoms with E-state index in [2.05, 4.69) is 6.92 Å². The number of hydrogen-bond acceptors (Lipinski definition) is 2. The molecule has 0 aliphatic rings. The molecule has 0 heterocycles. The van der Waals surface area contributed by atoms with Gasteiger partial charge in [-0.3, -0.25) is 9.59 Å². The van der Waals surface area contributed by atoms with E-state index in [4.69, 9.17) is 5.11 Å². The van der Waals surface area contributed by atoms with Crippen molar-refractivity contribution in [1.82, 2.24) is 0 Å². The van der Waals surface area contributed by atoms with E-state index in [1.165, 1.54) is 33.1 Å². The molecule has 0 saturated carbocycles. The maximum absolute atomic E-state index is 11.6. The molecule has 0 amide bonds. The Morgan fingerprint density at radius 1 is 1.00 bits per heavy atom. The number of ketones is 1. The highest BCUT2D eigenvalue weighted by Crippen LogP contribution is 2.20. The number of carbonyl (C=O) groups excluding carboxylic acids is 1. The maximum atomic E-state index is 11.6. The molecule has 94 valence electrons. The van der Waals surface area contributed by atoms with Crippen LogP contribution in [0.1, 0.15) is 65.7 Å². The first-order valence-corrected chi connectivity index (χ1v) is 6.19. The zero-order valence-corrected chi connectivity index (χ0v) is 10.7. The molecule has 16 heavy (non-hydrogen) atoms. The van der Waals surface area contributed by atoms with Crippen molar-refractivity contribution in [3.05, 3.63) is 0 Å². The van der Waals surface area contributed by atoms with Crippen molar-refractivity contribution in [2.45, 2.75) is 65.7 Å². The lowest BCUT2D eigenvalue weighted by Crippen LogP contribution is -2.33. The van der Waals surface area contributed by atoms with Crippen molar-refractivity contribution in [1.29, 1.82) is 0 Å². The monoisotopic (exact) mass is 228 g/mol. The molecular formula is C13H24O3. The topological polar surface area (TPSA) is 54.4 Å². The Hall–Kier alpha value is -0.860. The Labute approximate surface area is 98.2 Å². The minimum Gasteiger partial charge on any atom is -0.481 e. The molecule has 0 aliphatic heterocycles. The Morgan fingerprint density at radius 3 is 2.00 bits per heavy atom. The van der Waals surface area contributed by atoms with Crippen LogP contribution in [0.4, 0.5) is 0 Å². The lowest BCUT2D eigenvalue weighted by molar-refractivity contribution is -0.152. The quantitative estimate of drug-likeness (QED) is 0.486. The molecule has 0 aromatic carbocycles. The van der Waals surface area contributed by atoms with Crippen LogP contribution < -0.4 is 0 Å². The van der Waals surface area contributed by atoms with Gasteiger partial charge < -0.3 is 5.11 Å². The first-order valence-electron chi connectivity index (χ1n) is 6.19. The van der Waals surface area contributed by atoms with E-state index in [1.807, 2.05) is 0 Å². The third kappa shape index (κ3) is 5.29. The molecule has 0 aromatic rings. The summed E-state index contributed by atoms with van der Waals surface area (Å²) in [6.45, 7) is 5.13. The van der Waals surface area contributed by atoms with Crippen LogP contribution in [0.5, 0.6) is 0 Å². The van der Waals surface area contributed by atoms with Crippen LogP contribution in [0.3, 0.4) is 0 Å². The maximum Gasteiger partial charge on any atom is 0.316 e. The third-order valence-corrected chi connectivity index (χ3v) is 2.99. The number of rotatable bonds is 9. The molecule has 0 unspecified atom stereocenters.